The second kappa shape index (κ2) is 23.0. The number of hydrogen-bond acceptors (Lipinski definition) is 13. The minimum Gasteiger partial charge on any atom is -0.457 e. The van der Waals surface area contributed by atoms with Gasteiger partial charge in [-0.15, -0.1) is 0 Å². The lowest BCUT2D eigenvalue weighted by atomic mass is 10.1. The predicted octanol–water partition coefficient (Wildman–Crippen LogP) is 4.25. The van der Waals surface area contributed by atoms with Crippen molar-refractivity contribution in [2.75, 3.05) is 52.7 Å². The molecule has 6 N–H and O–H groups in total. The quantitative estimate of drug-likeness (QED) is 0.0279. The van der Waals surface area contributed by atoms with Gasteiger partial charge in [0, 0.05) is 75.9 Å². The zero-order valence-corrected chi connectivity index (χ0v) is 40.7. The Balaban J connectivity index is 1.48. The van der Waals surface area contributed by atoms with E-state index in [1.165, 1.54) is 25.5 Å². The monoisotopic (exact) mass is 1030 g/mol. The van der Waals surface area contributed by atoms with Crippen LogP contribution in [0, 0.1) is 3.57 Å². The molecule has 4 rings (SSSR count). The molecule has 4 aromatic rings. The fourth-order valence-corrected chi connectivity index (χ4v) is 8.92. The minimum atomic E-state index is -3.84. The third-order valence-corrected chi connectivity index (χ3v) is 12.7. The van der Waals surface area contributed by atoms with E-state index in [9.17, 15) is 38.0 Å². The maximum Gasteiger partial charge on any atom is 0.407 e. The molecule has 1 amide bonds. The van der Waals surface area contributed by atoms with E-state index in [0.29, 0.717) is 75.7 Å². The first-order valence-electron chi connectivity index (χ1n) is 19.9. The van der Waals surface area contributed by atoms with Gasteiger partial charge in [-0.05, 0) is 104 Å². The molecule has 21 heteroatoms. The Morgan fingerprint density at radius 3 is 1.85 bits per heavy atom. The number of aromatic nitrogens is 3. The molecule has 3 heterocycles. The molecule has 0 bridgehead atoms. The smallest absolute Gasteiger partial charge is 0.407 e. The molecule has 3 aromatic heterocycles. The van der Waals surface area contributed by atoms with E-state index in [0.717, 1.165) is 21.4 Å². The molecule has 0 aliphatic carbocycles. The maximum atomic E-state index is 13.0. The Hall–Kier alpha value is -3.41. The molecule has 0 saturated heterocycles. The van der Waals surface area contributed by atoms with Crippen LogP contribution in [0.1, 0.15) is 65.8 Å². The summed E-state index contributed by atoms with van der Waals surface area (Å²) in [6.07, 6.45) is 0.514. The molecule has 0 saturated carbocycles. The summed E-state index contributed by atoms with van der Waals surface area (Å²) in [5, 5.41) is 9.40. The number of nitrogens with one attached hydrogen (secondary N) is 3. The normalized spacial score (nSPS) is 14.7. The molecule has 3 unspecified atom stereocenters. The van der Waals surface area contributed by atoms with E-state index in [1.807, 2.05) is 42.5 Å². The van der Waals surface area contributed by atoms with Crippen LogP contribution >= 0.6 is 44.7 Å². The number of amides is 1. The molecule has 1 aromatic carbocycles. The van der Waals surface area contributed by atoms with Gasteiger partial charge in [-0.1, -0.05) is 30.3 Å². The van der Waals surface area contributed by atoms with Gasteiger partial charge in [0.15, 0.2) is 0 Å². The molecule has 0 fully saturated rings. The van der Waals surface area contributed by atoms with Crippen molar-refractivity contribution in [3.63, 3.8) is 0 Å². The van der Waals surface area contributed by atoms with Crippen molar-refractivity contribution >= 4 is 73.1 Å². The fraction of sp³-hybridized carbons (Fsp3) is 0.439. The van der Waals surface area contributed by atoms with Crippen LogP contribution in [0.4, 0.5) is 4.79 Å². The van der Waals surface area contributed by atoms with E-state index in [2.05, 4.69) is 58.4 Å². The lowest BCUT2D eigenvalue weighted by Gasteiger charge is -2.23. The largest absolute Gasteiger partial charge is 0.457 e. The topological polar surface area (TPSA) is 242 Å². The summed E-state index contributed by atoms with van der Waals surface area (Å²) in [6, 6.07) is 18.9. The Labute approximate surface area is 376 Å². The first-order chi connectivity index (χ1) is 28.9. The van der Waals surface area contributed by atoms with Crippen LogP contribution in [0.3, 0.4) is 0 Å². The number of aryl methyl sites for hydroxylation is 1. The Bertz CT molecular complexity index is 2300. The summed E-state index contributed by atoms with van der Waals surface area (Å²) in [5.41, 5.74) is 2.65. The number of rotatable bonds is 22. The average molecular weight is 1030 g/mol. The van der Waals surface area contributed by atoms with E-state index >= 15 is 0 Å². The van der Waals surface area contributed by atoms with Crippen molar-refractivity contribution in [1.29, 1.82) is 0 Å². The van der Waals surface area contributed by atoms with Gasteiger partial charge in [0.25, 0.3) is 0 Å². The number of carbonyl (C=O) groups is 2. The van der Waals surface area contributed by atoms with Crippen LogP contribution in [-0.4, -0.2) is 105 Å². The number of carbonyl (C=O) groups excluding carboxylic acids is 2. The highest BCUT2D eigenvalue weighted by Gasteiger charge is 2.23. The van der Waals surface area contributed by atoms with Crippen LogP contribution in [0.5, 0.6) is 0 Å². The standard InChI is InChI=1S/C41H57IN7O10P3/c1-41(2,3)59-40(51)45-14-10-13-30-19-35(48-36(20-30)60(4,52)53)27-49(18-16-44-26-34-23-32(42)24-38(47-34)62(6,56)57)17-15-43-25-33-21-31(22-37(46-33)61(5,54)55)39(50)58-28-29-11-8-7-9-12-29/h7-9,11-12,19-24,43-44H,10,13-18,25-28H2,1-6H3,(H,45,51)(H,52,53)(H,54,55)(H,56,57). The van der Waals surface area contributed by atoms with Gasteiger partial charge in [-0.3, -0.25) is 18.6 Å². The fourth-order valence-electron chi connectivity index (χ4n) is 5.91. The third kappa shape index (κ3) is 18.4. The lowest BCUT2D eigenvalue weighted by Crippen LogP contribution is -2.37. The summed E-state index contributed by atoms with van der Waals surface area (Å²) in [6.45, 7) is 12.0. The van der Waals surface area contributed by atoms with Crippen molar-refractivity contribution < 1.29 is 47.4 Å². The summed E-state index contributed by atoms with van der Waals surface area (Å²) >= 11 is 2.08. The number of hydrogen-bond donors (Lipinski definition) is 6. The van der Waals surface area contributed by atoms with Gasteiger partial charge in [0.1, 0.15) is 28.5 Å². The van der Waals surface area contributed by atoms with Gasteiger partial charge in [-0.25, -0.2) is 24.5 Å². The first kappa shape index (κ1) is 51.2. The van der Waals surface area contributed by atoms with Gasteiger partial charge in [0.2, 0.25) is 22.1 Å². The Morgan fingerprint density at radius 2 is 1.27 bits per heavy atom. The molecule has 62 heavy (non-hydrogen) atoms. The Kier molecular flexibility index (Phi) is 19.0. The molecule has 0 aliphatic heterocycles. The van der Waals surface area contributed by atoms with E-state index in [-0.39, 0.29) is 35.0 Å². The SMILES string of the molecule is CC(C)(C)OC(=O)NCCCc1cc(CN(CCNCc2cc(I)cc(P(C)(=O)O)n2)CCNCc2cc(C(=O)OCc3ccccc3)cc(P(C)(=O)O)n2)nc(P(C)(=O)O)c1. The summed E-state index contributed by atoms with van der Waals surface area (Å²) in [4.78, 5) is 71.6. The average Bonchev–Trinajstić information content (AvgIpc) is 3.17. The van der Waals surface area contributed by atoms with Gasteiger partial charge in [-0.2, -0.15) is 0 Å². The molecule has 17 nitrogen and oxygen atoms in total. The van der Waals surface area contributed by atoms with Crippen molar-refractivity contribution in [1.82, 2.24) is 35.8 Å². The highest BCUT2D eigenvalue weighted by atomic mass is 127. The van der Waals surface area contributed by atoms with E-state index < -0.39 is 39.8 Å². The van der Waals surface area contributed by atoms with Crippen LogP contribution in [0.15, 0.2) is 66.7 Å². The molecule has 338 valence electrons. The molecular formula is C41H57IN7O10P3. The molecular weight excluding hydrogens is 970 g/mol. The second-order valence-corrected chi connectivity index (χ2v) is 23.9. The summed E-state index contributed by atoms with van der Waals surface area (Å²) in [7, 11) is -11.1. The number of halogens is 1. The van der Waals surface area contributed by atoms with E-state index in [4.69, 9.17) is 9.47 Å². The Morgan fingerprint density at radius 1 is 0.726 bits per heavy atom. The van der Waals surface area contributed by atoms with Crippen molar-refractivity contribution in [2.24, 2.45) is 0 Å². The number of ether oxygens (including phenoxy) is 2. The zero-order valence-electron chi connectivity index (χ0n) is 35.8. The highest BCUT2D eigenvalue weighted by molar-refractivity contribution is 14.1. The lowest BCUT2D eigenvalue weighted by molar-refractivity contribution is 0.0470. The van der Waals surface area contributed by atoms with Gasteiger partial charge < -0.3 is 40.1 Å². The number of esters is 1. The molecule has 0 radical (unpaired) electrons. The minimum absolute atomic E-state index is 0.0306. The van der Waals surface area contributed by atoms with Gasteiger partial charge in [0.05, 0.1) is 22.6 Å². The van der Waals surface area contributed by atoms with Crippen LogP contribution in [0.25, 0.3) is 0 Å². The van der Waals surface area contributed by atoms with Crippen LogP contribution < -0.4 is 32.3 Å². The van der Waals surface area contributed by atoms with E-state index in [1.54, 1.807) is 32.9 Å². The van der Waals surface area contributed by atoms with Crippen LogP contribution in [-0.2, 0) is 55.8 Å². The number of alkyl carbamates (subject to hydrolysis) is 1. The van der Waals surface area contributed by atoms with Crippen molar-refractivity contribution in [3.8, 4) is 0 Å². The molecule has 0 spiro atoms. The van der Waals surface area contributed by atoms with Gasteiger partial charge >= 0.3 is 12.1 Å². The summed E-state index contributed by atoms with van der Waals surface area (Å²) < 4.78 is 49.5. The third-order valence-electron chi connectivity index (χ3n) is 8.86. The summed E-state index contributed by atoms with van der Waals surface area (Å²) in [5.74, 6) is -0.657. The maximum absolute atomic E-state index is 13.0. The predicted molar refractivity (Wildman–Crippen MR) is 248 cm³/mol. The zero-order chi connectivity index (χ0) is 45.7. The first-order valence-corrected chi connectivity index (χ1v) is 27.3. The molecule has 0 aliphatic rings. The van der Waals surface area contributed by atoms with Crippen molar-refractivity contribution in [3.05, 3.63) is 104 Å². The van der Waals surface area contributed by atoms with Crippen LogP contribution in [0.2, 0.25) is 0 Å². The van der Waals surface area contributed by atoms with Crippen molar-refractivity contribution in [2.45, 2.75) is 65.5 Å². The number of benzene rings is 1. The highest BCUT2D eigenvalue weighted by Crippen LogP contribution is 2.35. The second-order valence-electron chi connectivity index (χ2n) is 16.0. The number of pyridine rings is 3. The molecule has 3 atom stereocenters. The number of nitrogens with zero attached hydrogens (tertiary/aromatic N) is 4.